The van der Waals surface area contributed by atoms with Crippen LogP contribution in [0.5, 0.6) is 0 Å². The summed E-state index contributed by atoms with van der Waals surface area (Å²) in [7, 11) is 3.01. The number of carbonyl (C=O) groups is 2. The van der Waals surface area contributed by atoms with E-state index >= 15 is 0 Å². The third-order valence-corrected chi connectivity index (χ3v) is 1.98. The highest BCUT2D eigenvalue weighted by molar-refractivity contribution is 5.80. The zero-order valence-corrected chi connectivity index (χ0v) is 10.2. The lowest BCUT2D eigenvalue weighted by Gasteiger charge is -2.23. The van der Waals surface area contributed by atoms with Gasteiger partial charge in [0.15, 0.2) is 0 Å². The first-order chi connectivity index (χ1) is 7.38. The first-order valence-electron chi connectivity index (χ1n) is 5.09. The minimum atomic E-state index is -0.998. The van der Waals surface area contributed by atoms with Crippen molar-refractivity contribution in [1.29, 1.82) is 0 Å². The summed E-state index contributed by atoms with van der Waals surface area (Å²) in [6.45, 7) is 3.79. The van der Waals surface area contributed by atoms with Crippen molar-refractivity contribution in [2.45, 2.75) is 25.9 Å². The molecular formula is C10H20N2O4. The van der Waals surface area contributed by atoms with E-state index in [2.05, 4.69) is 5.32 Å². The van der Waals surface area contributed by atoms with Gasteiger partial charge in [-0.2, -0.15) is 0 Å². The number of carboxylic acid groups (broad SMARTS) is 1. The molecule has 1 unspecified atom stereocenters. The number of ether oxygens (including phenoxy) is 1. The molecule has 0 saturated carbocycles. The number of hydrogen-bond acceptors (Lipinski definition) is 4. The van der Waals surface area contributed by atoms with E-state index in [1.807, 2.05) is 13.8 Å². The molecule has 0 aromatic carbocycles. The van der Waals surface area contributed by atoms with Crippen molar-refractivity contribution < 1.29 is 19.4 Å². The van der Waals surface area contributed by atoms with Gasteiger partial charge in [0.1, 0.15) is 6.04 Å². The fraction of sp³-hybridized carbons (Fsp3) is 0.800. The van der Waals surface area contributed by atoms with Gasteiger partial charge in [0.25, 0.3) is 0 Å². The van der Waals surface area contributed by atoms with Gasteiger partial charge in [0, 0.05) is 13.2 Å². The van der Waals surface area contributed by atoms with Crippen LogP contribution in [0.2, 0.25) is 0 Å². The fourth-order valence-corrected chi connectivity index (χ4v) is 1.25. The molecule has 0 aliphatic carbocycles. The fourth-order valence-electron chi connectivity index (χ4n) is 1.25. The van der Waals surface area contributed by atoms with Crippen molar-refractivity contribution in [3.05, 3.63) is 0 Å². The molecule has 0 rings (SSSR count). The van der Waals surface area contributed by atoms with E-state index < -0.39 is 12.0 Å². The van der Waals surface area contributed by atoms with Gasteiger partial charge >= 0.3 is 5.97 Å². The molecule has 1 amide bonds. The third kappa shape index (κ3) is 5.67. The molecule has 0 saturated heterocycles. The molecule has 6 nitrogen and oxygen atoms in total. The average molecular weight is 232 g/mol. The van der Waals surface area contributed by atoms with Crippen molar-refractivity contribution in [3.8, 4) is 0 Å². The molecule has 0 bridgehead atoms. The number of nitrogens with zero attached hydrogens (tertiary/aromatic N) is 1. The summed E-state index contributed by atoms with van der Waals surface area (Å²) in [5.74, 6) is -1.19. The minimum Gasteiger partial charge on any atom is -0.480 e. The molecular weight excluding hydrogens is 212 g/mol. The molecule has 0 aromatic rings. The van der Waals surface area contributed by atoms with Gasteiger partial charge in [-0.3, -0.25) is 14.5 Å². The van der Waals surface area contributed by atoms with Crippen LogP contribution in [0.15, 0.2) is 0 Å². The first-order valence-corrected chi connectivity index (χ1v) is 5.09. The molecule has 0 aliphatic heterocycles. The second-order valence-corrected chi connectivity index (χ2v) is 3.95. The zero-order valence-electron chi connectivity index (χ0n) is 10.2. The van der Waals surface area contributed by atoms with Crippen molar-refractivity contribution in [2.24, 2.45) is 0 Å². The Kier molecular flexibility index (Phi) is 6.67. The first kappa shape index (κ1) is 14.9. The van der Waals surface area contributed by atoms with Crippen LogP contribution in [0.25, 0.3) is 0 Å². The zero-order chi connectivity index (χ0) is 12.7. The molecule has 94 valence electrons. The number of hydrogen-bond donors (Lipinski definition) is 2. The Morgan fingerprint density at radius 1 is 1.44 bits per heavy atom. The van der Waals surface area contributed by atoms with E-state index in [9.17, 15) is 9.59 Å². The van der Waals surface area contributed by atoms with E-state index in [0.717, 1.165) is 0 Å². The third-order valence-electron chi connectivity index (χ3n) is 1.98. The van der Waals surface area contributed by atoms with E-state index in [0.29, 0.717) is 0 Å². The molecule has 0 radical (unpaired) electrons. The normalized spacial score (nSPS) is 12.9. The molecule has 0 spiro atoms. The largest absolute Gasteiger partial charge is 0.480 e. The summed E-state index contributed by atoms with van der Waals surface area (Å²) in [5.41, 5.74) is 0. The van der Waals surface area contributed by atoms with Crippen LogP contribution in [0, 0.1) is 0 Å². The predicted octanol–water partition coefficient (Wildman–Crippen LogP) is -0.458. The number of rotatable bonds is 7. The van der Waals surface area contributed by atoms with Gasteiger partial charge in [-0.25, -0.2) is 0 Å². The Bertz CT molecular complexity index is 243. The predicted molar refractivity (Wildman–Crippen MR) is 59.2 cm³/mol. The topological polar surface area (TPSA) is 78.9 Å². The quantitative estimate of drug-likeness (QED) is 0.621. The van der Waals surface area contributed by atoms with Crippen molar-refractivity contribution in [3.63, 3.8) is 0 Å². The Hall–Kier alpha value is -1.14. The standard InChI is InChI=1S/C10H20N2O4/c1-7(2)11-9(13)5-12(3)8(6-16-4)10(14)15/h7-8H,5-6H2,1-4H3,(H,11,13)(H,14,15). The number of methoxy groups -OCH3 is 1. The van der Waals surface area contributed by atoms with Crippen LogP contribution in [0.4, 0.5) is 0 Å². The van der Waals surface area contributed by atoms with Gasteiger partial charge in [-0.15, -0.1) is 0 Å². The van der Waals surface area contributed by atoms with E-state index in [-0.39, 0.29) is 25.1 Å². The minimum absolute atomic E-state index is 0.0402. The molecule has 1 atom stereocenters. The van der Waals surface area contributed by atoms with Crippen LogP contribution in [-0.2, 0) is 14.3 Å². The number of likely N-dealkylation sites (N-methyl/N-ethyl adjacent to an activating group) is 1. The van der Waals surface area contributed by atoms with Crippen LogP contribution >= 0.6 is 0 Å². The smallest absolute Gasteiger partial charge is 0.323 e. The Balaban J connectivity index is 4.24. The molecule has 0 heterocycles. The van der Waals surface area contributed by atoms with Gasteiger partial charge < -0.3 is 15.2 Å². The van der Waals surface area contributed by atoms with Crippen LogP contribution in [-0.4, -0.2) is 61.3 Å². The highest BCUT2D eigenvalue weighted by atomic mass is 16.5. The van der Waals surface area contributed by atoms with Crippen LogP contribution < -0.4 is 5.32 Å². The maximum Gasteiger partial charge on any atom is 0.323 e. The van der Waals surface area contributed by atoms with Crippen molar-refractivity contribution >= 4 is 11.9 Å². The molecule has 0 fully saturated rings. The SMILES string of the molecule is COCC(C(=O)O)N(C)CC(=O)NC(C)C. The summed E-state index contributed by atoms with van der Waals surface area (Å²) < 4.78 is 4.79. The van der Waals surface area contributed by atoms with Crippen molar-refractivity contribution in [1.82, 2.24) is 10.2 Å². The molecule has 6 heteroatoms. The number of nitrogens with one attached hydrogen (secondary N) is 1. The van der Waals surface area contributed by atoms with Crippen LogP contribution in [0.1, 0.15) is 13.8 Å². The second-order valence-electron chi connectivity index (χ2n) is 3.95. The van der Waals surface area contributed by atoms with Gasteiger partial charge in [0.05, 0.1) is 13.2 Å². The van der Waals surface area contributed by atoms with Gasteiger partial charge in [0.2, 0.25) is 5.91 Å². The lowest BCUT2D eigenvalue weighted by Crippen LogP contribution is -2.47. The molecule has 0 aromatic heterocycles. The molecule has 16 heavy (non-hydrogen) atoms. The van der Waals surface area contributed by atoms with E-state index in [1.54, 1.807) is 7.05 Å². The maximum atomic E-state index is 11.4. The highest BCUT2D eigenvalue weighted by Crippen LogP contribution is 1.97. The van der Waals surface area contributed by atoms with Crippen LogP contribution in [0.3, 0.4) is 0 Å². The Labute approximate surface area is 95.6 Å². The summed E-state index contributed by atoms with van der Waals surface area (Å²) in [6.07, 6.45) is 0. The van der Waals surface area contributed by atoms with E-state index in [1.165, 1.54) is 12.0 Å². The highest BCUT2D eigenvalue weighted by Gasteiger charge is 2.24. The number of carbonyl (C=O) groups excluding carboxylic acids is 1. The van der Waals surface area contributed by atoms with Crippen molar-refractivity contribution in [2.75, 3.05) is 27.3 Å². The maximum absolute atomic E-state index is 11.4. The summed E-state index contributed by atoms with van der Waals surface area (Å²) in [4.78, 5) is 23.7. The summed E-state index contributed by atoms with van der Waals surface area (Å²) >= 11 is 0. The Morgan fingerprint density at radius 3 is 2.38 bits per heavy atom. The average Bonchev–Trinajstić information content (AvgIpc) is 2.11. The number of amides is 1. The Morgan fingerprint density at radius 2 is 2.00 bits per heavy atom. The molecule has 0 aliphatic rings. The second kappa shape index (κ2) is 7.19. The summed E-state index contributed by atoms with van der Waals surface area (Å²) in [5, 5.41) is 11.6. The molecule has 2 N–H and O–H groups in total. The van der Waals surface area contributed by atoms with Gasteiger partial charge in [-0.05, 0) is 20.9 Å². The summed E-state index contributed by atoms with van der Waals surface area (Å²) in [6, 6.07) is -0.755. The lowest BCUT2D eigenvalue weighted by molar-refractivity contribution is -0.145. The number of carboxylic acids is 1. The van der Waals surface area contributed by atoms with E-state index in [4.69, 9.17) is 9.84 Å². The monoisotopic (exact) mass is 232 g/mol. The van der Waals surface area contributed by atoms with Gasteiger partial charge in [-0.1, -0.05) is 0 Å². The lowest BCUT2D eigenvalue weighted by atomic mass is 10.2. The number of aliphatic carboxylic acids is 1.